The molecule has 0 aromatic heterocycles. The number of ether oxygens (including phenoxy) is 1. The van der Waals surface area contributed by atoms with Crippen LogP contribution in [0.4, 0.5) is 0 Å². The Morgan fingerprint density at radius 1 is 1.24 bits per heavy atom. The summed E-state index contributed by atoms with van der Waals surface area (Å²) in [6.07, 6.45) is 4.99. The van der Waals surface area contributed by atoms with E-state index < -0.39 is 0 Å². The van der Waals surface area contributed by atoms with E-state index in [0.29, 0.717) is 24.9 Å². The molecule has 2 aliphatic carbocycles. The van der Waals surface area contributed by atoms with Gasteiger partial charge >= 0.3 is 5.97 Å². The van der Waals surface area contributed by atoms with Gasteiger partial charge in [0, 0.05) is 19.3 Å². The Morgan fingerprint density at radius 2 is 1.82 bits per heavy atom. The quantitative estimate of drug-likeness (QED) is 0.552. The number of hydrogen-bond acceptors (Lipinski definition) is 2. The molecule has 2 rings (SSSR count). The second kappa shape index (κ2) is 5.58. The lowest BCUT2D eigenvalue weighted by Gasteiger charge is -2.06. The molecule has 0 bridgehead atoms. The second-order valence-electron chi connectivity index (χ2n) is 5.70. The maximum Gasteiger partial charge on any atom is 0.306 e. The molecule has 17 heavy (non-hydrogen) atoms. The standard InChI is InChI=1S/C15H22O2/c1-11(2)9-15(16)17-10-14-12-7-5-3-4-6-8-13(12)14/h11-14H,5-10H2,1-2H3/t12-,13+,14?. The van der Waals surface area contributed by atoms with Crippen LogP contribution < -0.4 is 0 Å². The predicted molar refractivity (Wildman–Crippen MR) is 67.1 cm³/mol. The van der Waals surface area contributed by atoms with E-state index in [9.17, 15) is 4.79 Å². The first-order chi connectivity index (χ1) is 8.18. The number of carbonyl (C=O) groups excluding carboxylic acids is 1. The highest BCUT2D eigenvalue weighted by atomic mass is 16.5. The van der Waals surface area contributed by atoms with E-state index in [1.54, 1.807) is 0 Å². The summed E-state index contributed by atoms with van der Waals surface area (Å²) in [5, 5.41) is 0. The molecule has 3 atom stereocenters. The molecule has 0 saturated heterocycles. The van der Waals surface area contributed by atoms with Crippen LogP contribution in [0.25, 0.3) is 0 Å². The molecular weight excluding hydrogens is 212 g/mol. The van der Waals surface area contributed by atoms with Crippen molar-refractivity contribution in [3.05, 3.63) is 0 Å². The van der Waals surface area contributed by atoms with Crippen molar-refractivity contribution in [1.29, 1.82) is 0 Å². The summed E-state index contributed by atoms with van der Waals surface area (Å²) in [6.45, 7) is 4.73. The molecule has 0 amide bonds. The Labute approximate surface area is 104 Å². The first-order valence-corrected chi connectivity index (χ1v) is 6.80. The van der Waals surface area contributed by atoms with Gasteiger partial charge in [-0.1, -0.05) is 13.8 Å². The third kappa shape index (κ3) is 3.49. The van der Waals surface area contributed by atoms with Gasteiger partial charge in [0.15, 0.2) is 0 Å². The van der Waals surface area contributed by atoms with Gasteiger partial charge in [-0.3, -0.25) is 4.79 Å². The fraction of sp³-hybridized carbons (Fsp3) is 0.800. The third-order valence-corrected chi connectivity index (χ3v) is 3.85. The summed E-state index contributed by atoms with van der Waals surface area (Å²) in [6, 6.07) is 0. The maximum absolute atomic E-state index is 11.5. The van der Waals surface area contributed by atoms with Crippen LogP contribution in [-0.4, -0.2) is 12.6 Å². The lowest BCUT2D eigenvalue weighted by atomic mass is 10.1. The van der Waals surface area contributed by atoms with Crippen LogP contribution in [0.1, 0.15) is 46.0 Å². The van der Waals surface area contributed by atoms with Crippen molar-refractivity contribution >= 4 is 5.97 Å². The van der Waals surface area contributed by atoms with Crippen LogP contribution in [0.15, 0.2) is 0 Å². The van der Waals surface area contributed by atoms with Crippen LogP contribution in [-0.2, 0) is 9.53 Å². The Balaban J connectivity index is 1.70. The first-order valence-electron chi connectivity index (χ1n) is 6.80. The molecule has 1 fully saturated rings. The fourth-order valence-electron chi connectivity index (χ4n) is 2.86. The highest BCUT2D eigenvalue weighted by molar-refractivity contribution is 5.69. The van der Waals surface area contributed by atoms with Gasteiger partial charge in [-0.15, -0.1) is 11.8 Å². The SMILES string of the molecule is CC(C)CC(=O)OCC1[C@H]2CCC#CCC[C@@H]12. The van der Waals surface area contributed by atoms with E-state index >= 15 is 0 Å². The zero-order chi connectivity index (χ0) is 12.3. The van der Waals surface area contributed by atoms with Crippen molar-refractivity contribution in [2.75, 3.05) is 6.61 Å². The van der Waals surface area contributed by atoms with Gasteiger partial charge in [0.1, 0.15) is 0 Å². The molecule has 1 unspecified atom stereocenters. The van der Waals surface area contributed by atoms with Crippen LogP contribution in [0.3, 0.4) is 0 Å². The fourth-order valence-corrected chi connectivity index (χ4v) is 2.86. The Morgan fingerprint density at radius 3 is 2.35 bits per heavy atom. The molecule has 94 valence electrons. The van der Waals surface area contributed by atoms with E-state index in [1.165, 1.54) is 12.8 Å². The molecule has 0 spiro atoms. The summed E-state index contributed by atoms with van der Waals surface area (Å²) < 4.78 is 5.37. The van der Waals surface area contributed by atoms with E-state index in [-0.39, 0.29) is 5.97 Å². The van der Waals surface area contributed by atoms with Crippen LogP contribution >= 0.6 is 0 Å². The highest BCUT2D eigenvalue weighted by Crippen LogP contribution is 2.52. The molecule has 0 radical (unpaired) electrons. The predicted octanol–water partition coefficient (Wildman–Crippen LogP) is 3.02. The average Bonchev–Trinajstić information content (AvgIpc) is 2.84. The highest BCUT2D eigenvalue weighted by Gasteiger charge is 2.49. The second-order valence-corrected chi connectivity index (χ2v) is 5.70. The van der Waals surface area contributed by atoms with Crippen molar-refractivity contribution in [3.63, 3.8) is 0 Å². The Bertz CT molecular complexity index is 317. The Hall–Kier alpha value is -0.970. The number of hydrogen-bond donors (Lipinski definition) is 0. The lowest BCUT2D eigenvalue weighted by molar-refractivity contribution is -0.145. The molecule has 2 heteroatoms. The van der Waals surface area contributed by atoms with Crippen molar-refractivity contribution < 1.29 is 9.53 Å². The van der Waals surface area contributed by atoms with Gasteiger partial charge in [0.2, 0.25) is 0 Å². The first kappa shape index (κ1) is 12.5. The molecule has 0 aromatic carbocycles. The van der Waals surface area contributed by atoms with Gasteiger partial charge in [0.25, 0.3) is 0 Å². The molecule has 2 aliphatic rings. The van der Waals surface area contributed by atoms with Crippen molar-refractivity contribution in [2.45, 2.75) is 46.0 Å². The van der Waals surface area contributed by atoms with Crippen molar-refractivity contribution in [3.8, 4) is 11.8 Å². The lowest BCUT2D eigenvalue weighted by Crippen LogP contribution is -2.10. The van der Waals surface area contributed by atoms with Gasteiger partial charge in [-0.2, -0.15) is 0 Å². The number of carbonyl (C=O) groups is 1. The molecule has 1 saturated carbocycles. The van der Waals surface area contributed by atoms with E-state index in [2.05, 4.69) is 11.8 Å². The minimum atomic E-state index is -0.0319. The number of rotatable bonds is 4. The smallest absolute Gasteiger partial charge is 0.306 e. The molecular formula is C15H22O2. The largest absolute Gasteiger partial charge is 0.465 e. The van der Waals surface area contributed by atoms with Crippen LogP contribution in [0.5, 0.6) is 0 Å². The third-order valence-electron chi connectivity index (χ3n) is 3.85. The summed E-state index contributed by atoms with van der Waals surface area (Å²) in [7, 11) is 0. The van der Waals surface area contributed by atoms with Crippen molar-refractivity contribution in [1.82, 2.24) is 0 Å². The summed E-state index contributed by atoms with van der Waals surface area (Å²) in [4.78, 5) is 11.5. The molecule has 0 N–H and O–H groups in total. The van der Waals surface area contributed by atoms with Crippen LogP contribution in [0, 0.1) is 35.5 Å². The maximum atomic E-state index is 11.5. The van der Waals surface area contributed by atoms with Crippen molar-refractivity contribution in [2.24, 2.45) is 23.7 Å². The molecule has 0 aromatic rings. The zero-order valence-corrected chi connectivity index (χ0v) is 10.9. The van der Waals surface area contributed by atoms with E-state index in [0.717, 1.165) is 24.7 Å². The zero-order valence-electron chi connectivity index (χ0n) is 10.9. The normalized spacial score (nSPS) is 30.6. The minimum Gasteiger partial charge on any atom is -0.465 e. The van der Waals surface area contributed by atoms with Gasteiger partial charge in [0.05, 0.1) is 6.61 Å². The Kier molecular flexibility index (Phi) is 4.10. The summed E-state index contributed by atoms with van der Waals surface area (Å²) in [5.74, 6) is 8.92. The van der Waals surface area contributed by atoms with Crippen LogP contribution in [0.2, 0.25) is 0 Å². The monoisotopic (exact) mass is 234 g/mol. The summed E-state index contributed by atoms with van der Waals surface area (Å²) in [5.41, 5.74) is 0. The molecule has 0 aliphatic heterocycles. The van der Waals surface area contributed by atoms with E-state index in [1.807, 2.05) is 13.8 Å². The van der Waals surface area contributed by atoms with Gasteiger partial charge < -0.3 is 4.74 Å². The average molecular weight is 234 g/mol. The summed E-state index contributed by atoms with van der Waals surface area (Å²) >= 11 is 0. The number of fused-ring (bicyclic) bond motifs is 1. The topological polar surface area (TPSA) is 26.3 Å². The molecule has 2 nitrogen and oxygen atoms in total. The van der Waals surface area contributed by atoms with Gasteiger partial charge in [-0.25, -0.2) is 0 Å². The number of esters is 1. The van der Waals surface area contributed by atoms with Gasteiger partial charge in [-0.05, 0) is 36.5 Å². The molecule has 0 heterocycles. The minimum absolute atomic E-state index is 0.0319. The van der Waals surface area contributed by atoms with E-state index in [4.69, 9.17) is 4.74 Å².